The van der Waals surface area contributed by atoms with Crippen LogP contribution < -0.4 is 11.1 Å². The molecule has 102 valence electrons. The molecule has 0 radical (unpaired) electrons. The average Bonchev–Trinajstić information content (AvgIpc) is 2.28. The van der Waals surface area contributed by atoms with E-state index in [0.717, 1.165) is 10.0 Å². The van der Waals surface area contributed by atoms with Crippen LogP contribution in [0.5, 0.6) is 0 Å². The third kappa shape index (κ3) is 4.65. The molecule has 3 unspecified atom stereocenters. The minimum absolute atomic E-state index is 0.105. The van der Waals surface area contributed by atoms with Gasteiger partial charge in [-0.3, -0.25) is 0 Å². The first-order chi connectivity index (χ1) is 8.43. The van der Waals surface area contributed by atoms with E-state index in [1.54, 1.807) is 13.0 Å². The summed E-state index contributed by atoms with van der Waals surface area (Å²) in [7, 11) is 0. The van der Waals surface area contributed by atoms with Crippen molar-refractivity contribution in [2.45, 2.75) is 38.5 Å². The number of benzene rings is 1. The highest BCUT2D eigenvalue weighted by Gasteiger charge is 2.17. The Hall–Kier alpha value is -0.490. The SMILES string of the molecule is CC(O)CC(C)NC(CN)c1cc(F)ccc1Br. The van der Waals surface area contributed by atoms with Crippen LogP contribution in [0.25, 0.3) is 0 Å². The van der Waals surface area contributed by atoms with E-state index in [9.17, 15) is 9.50 Å². The number of aliphatic hydroxyl groups excluding tert-OH is 1. The smallest absolute Gasteiger partial charge is 0.123 e. The van der Waals surface area contributed by atoms with E-state index >= 15 is 0 Å². The van der Waals surface area contributed by atoms with Gasteiger partial charge in [0.05, 0.1) is 6.10 Å². The van der Waals surface area contributed by atoms with Gasteiger partial charge in [0.15, 0.2) is 0 Å². The molecule has 0 spiro atoms. The first-order valence-corrected chi connectivity index (χ1v) is 6.82. The molecular weight excluding hydrogens is 299 g/mol. The van der Waals surface area contributed by atoms with Crippen molar-refractivity contribution in [3.05, 3.63) is 34.1 Å². The molecule has 0 saturated heterocycles. The van der Waals surface area contributed by atoms with Crippen LogP contribution in [0.2, 0.25) is 0 Å². The Labute approximate surface area is 116 Å². The molecule has 0 aliphatic heterocycles. The van der Waals surface area contributed by atoms with E-state index in [2.05, 4.69) is 21.2 Å². The van der Waals surface area contributed by atoms with Gasteiger partial charge in [-0.25, -0.2) is 4.39 Å². The van der Waals surface area contributed by atoms with Crippen LogP contribution in [0.15, 0.2) is 22.7 Å². The lowest BCUT2D eigenvalue weighted by atomic mass is 10.0. The van der Waals surface area contributed by atoms with E-state index < -0.39 is 0 Å². The number of rotatable bonds is 6. The summed E-state index contributed by atoms with van der Waals surface area (Å²) in [5.41, 5.74) is 6.54. The molecule has 3 nitrogen and oxygen atoms in total. The van der Waals surface area contributed by atoms with E-state index in [1.165, 1.54) is 12.1 Å². The third-order valence-corrected chi connectivity index (χ3v) is 3.47. The van der Waals surface area contributed by atoms with Crippen molar-refractivity contribution in [3.63, 3.8) is 0 Å². The van der Waals surface area contributed by atoms with Gasteiger partial charge in [-0.15, -0.1) is 0 Å². The largest absolute Gasteiger partial charge is 0.393 e. The van der Waals surface area contributed by atoms with E-state index in [0.29, 0.717) is 13.0 Å². The highest BCUT2D eigenvalue weighted by Crippen LogP contribution is 2.24. The van der Waals surface area contributed by atoms with Crippen molar-refractivity contribution in [1.82, 2.24) is 5.32 Å². The average molecular weight is 319 g/mol. The van der Waals surface area contributed by atoms with Gasteiger partial charge in [-0.2, -0.15) is 0 Å². The van der Waals surface area contributed by atoms with Crippen LogP contribution in [0.4, 0.5) is 4.39 Å². The van der Waals surface area contributed by atoms with Crippen molar-refractivity contribution in [3.8, 4) is 0 Å². The molecule has 0 aliphatic rings. The van der Waals surface area contributed by atoms with Gasteiger partial charge in [-0.1, -0.05) is 15.9 Å². The summed E-state index contributed by atoms with van der Waals surface area (Å²) in [6, 6.07) is 4.52. The van der Waals surface area contributed by atoms with Gasteiger partial charge >= 0.3 is 0 Å². The minimum atomic E-state index is -0.373. The zero-order valence-electron chi connectivity index (χ0n) is 10.7. The van der Waals surface area contributed by atoms with Gasteiger partial charge in [0.1, 0.15) is 5.82 Å². The summed E-state index contributed by atoms with van der Waals surface area (Å²) in [5.74, 6) is -0.281. The predicted octanol–water partition coefficient (Wildman–Crippen LogP) is 2.34. The fraction of sp³-hybridized carbons (Fsp3) is 0.538. The molecule has 3 atom stereocenters. The fourth-order valence-corrected chi connectivity index (χ4v) is 2.51. The molecule has 1 rings (SSSR count). The molecule has 18 heavy (non-hydrogen) atoms. The fourth-order valence-electron chi connectivity index (χ4n) is 1.99. The maximum Gasteiger partial charge on any atom is 0.123 e. The zero-order valence-corrected chi connectivity index (χ0v) is 12.2. The number of halogens is 2. The maximum absolute atomic E-state index is 13.3. The lowest BCUT2D eigenvalue weighted by Gasteiger charge is -2.24. The monoisotopic (exact) mass is 318 g/mol. The van der Waals surface area contributed by atoms with Crippen molar-refractivity contribution in [1.29, 1.82) is 0 Å². The molecule has 0 saturated carbocycles. The molecule has 0 heterocycles. The standard InChI is InChI=1S/C13H20BrFN2O/c1-8(5-9(2)18)17-13(7-16)11-6-10(15)3-4-12(11)14/h3-4,6,8-9,13,17-18H,5,7,16H2,1-2H3. The lowest BCUT2D eigenvalue weighted by Crippen LogP contribution is -2.36. The summed E-state index contributed by atoms with van der Waals surface area (Å²) in [6.07, 6.45) is 0.255. The summed E-state index contributed by atoms with van der Waals surface area (Å²) in [4.78, 5) is 0. The number of hydrogen-bond donors (Lipinski definition) is 3. The topological polar surface area (TPSA) is 58.3 Å². The van der Waals surface area contributed by atoms with Gasteiger partial charge in [0, 0.05) is 23.1 Å². The first kappa shape index (κ1) is 15.6. The summed E-state index contributed by atoms with van der Waals surface area (Å²) in [5, 5.41) is 12.6. The van der Waals surface area contributed by atoms with Crippen molar-refractivity contribution in [2.75, 3.05) is 6.54 Å². The molecule has 4 N–H and O–H groups in total. The lowest BCUT2D eigenvalue weighted by molar-refractivity contribution is 0.168. The molecule has 0 fully saturated rings. The number of nitrogens with two attached hydrogens (primary N) is 1. The van der Waals surface area contributed by atoms with Crippen LogP contribution in [-0.2, 0) is 0 Å². The van der Waals surface area contributed by atoms with Gasteiger partial charge in [-0.05, 0) is 44.0 Å². The number of nitrogens with one attached hydrogen (secondary N) is 1. The minimum Gasteiger partial charge on any atom is -0.393 e. The molecule has 1 aromatic carbocycles. The third-order valence-electron chi connectivity index (χ3n) is 2.75. The first-order valence-electron chi connectivity index (χ1n) is 6.03. The molecule has 0 amide bonds. The number of hydrogen-bond acceptors (Lipinski definition) is 3. The van der Waals surface area contributed by atoms with Gasteiger partial charge in [0.25, 0.3) is 0 Å². The second kappa shape index (κ2) is 7.19. The molecular formula is C13H20BrFN2O. The predicted molar refractivity (Wildman–Crippen MR) is 74.8 cm³/mol. The van der Waals surface area contributed by atoms with E-state index in [-0.39, 0.29) is 24.0 Å². The van der Waals surface area contributed by atoms with Crippen LogP contribution in [0, 0.1) is 5.82 Å². The highest BCUT2D eigenvalue weighted by molar-refractivity contribution is 9.10. The van der Waals surface area contributed by atoms with Gasteiger partial charge < -0.3 is 16.2 Å². The highest BCUT2D eigenvalue weighted by atomic mass is 79.9. The van der Waals surface area contributed by atoms with Crippen LogP contribution >= 0.6 is 15.9 Å². The van der Waals surface area contributed by atoms with Crippen LogP contribution in [-0.4, -0.2) is 23.8 Å². The Morgan fingerprint density at radius 3 is 2.67 bits per heavy atom. The normalized spacial score (nSPS) is 16.3. The molecule has 0 bridgehead atoms. The maximum atomic E-state index is 13.3. The Bertz CT molecular complexity index is 387. The summed E-state index contributed by atoms with van der Waals surface area (Å²) >= 11 is 3.40. The Kier molecular flexibility index (Phi) is 6.21. The Balaban J connectivity index is 2.79. The number of aliphatic hydroxyl groups is 1. The molecule has 0 aliphatic carbocycles. The molecule has 1 aromatic rings. The van der Waals surface area contributed by atoms with Crippen LogP contribution in [0.1, 0.15) is 31.9 Å². The summed E-state index contributed by atoms with van der Waals surface area (Å²) in [6.45, 7) is 4.09. The van der Waals surface area contributed by atoms with Crippen LogP contribution in [0.3, 0.4) is 0 Å². The zero-order chi connectivity index (χ0) is 13.7. The second-order valence-electron chi connectivity index (χ2n) is 4.61. The van der Waals surface area contributed by atoms with Crippen molar-refractivity contribution in [2.24, 2.45) is 5.73 Å². The second-order valence-corrected chi connectivity index (χ2v) is 5.46. The Morgan fingerprint density at radius 1 is 1.44 bits per heavy atom. The van der Waals surface area contributed by atoms with E-state index in [1.807, 2.05) is 6.92 Å². The molecule has 0 aromatic heterocycles. The summed E-state index contributed by atoms with van der Waals surface area (Å²) < 4.78 is 14.1. The van der Waals surface area contributed by atoms with E-state index in [4.69, 9.17) is 5.73 Å². The molecule has 5 heteroatoms. The van der Waals surface area contributed by atoms with Crippen molar-refractivity contribution >= 4 is 15.9 Å². The van der Waals surface area contributed by atoms with Gasteiger partial charge in [0.2, 0.25) is 0 Å². The van der Waals surface area contributed by atoms with Crippen molar-refractivity contribution < 1.29 is 9.50 Å². The Morgan fingerprint density at radius 2 is 2.11 bits per heavy atom. The quantitative estimate of drug-likeness (QED) is 0.754.